The number of hydrogen-bond acceptors (Lipinski definition) is 4. The van der Waals surface area contributed by atoms with Gasteiger partial charge in [-0.1, -0.05) is 6.07 Å². The van der Waals surface area contributed by atoms with Crippen molar-refractivity contribution in [3.63, 3.8) is 0 Å². The quantitative estimate of drug-likeness (QED) is 0.708. The van der Waals surface area contributed by atoms with Gasteiger partial charge in [0.15, 0.2) is 0 Å². The molecule has 2 aromatic rings. The molecule has 3 rings (SSSR count). The number of aromatic nitrogens is 1. The van der Waals surface area contributed by atoms with Gasteiger partial charge in [0.1, 0.15) is 11.5 Å². The van der Waals surface area contributed by atoms with E-state index in [1.165, 1.54) is 12.1 Å². The Morgan fingerprint density at radius 1 is 1.22 bits per heavy atom. The molecule has 1 aliphatic rings. The molecule has 2 heterocycles. The van der Waals surface area contributed by atoms with E-state index in [0.717, 1.165) is 24.9 Å². The van der Waals surface area contributed by atoms with E-state index in [1.54, 1.807) is 6.07 Å². The number of urea groups is 1. The Morgan fingerprint density at radius 2 is 2.04 bits per heavy atom. The number of anilines is 2. The molecule has 1 atom stereocenters. The lowest BCUT2D eigenvalue weighted by Gasteiger charge is -2.24. The first kappa shape index (κ1) is 19.1. The molecule has 144 valence electrons. The van der Waals surface area contributed by atoms with Crippen molar-refractivity contribution in [1.82, 2.24) is 10.3 Å². The minimum atomic E-state index is -4.57. The van der Waals surface area contributed by atoms with Crippen LogP contribution in [-0.4, -0.2) is 30.7 Å². The van der Waals surface area contributed by atoms with Crippen LogP contribution in [0.5, 0.6) is 0 Å². The van der Waals surface area contributed by atoms with Gasteiger partial charge in [-0.2, -0.15) is 13.2 Å². The number of halogens is 4. The average Bonchev–Trinajstić information content (AvgIpc) is 2.64. The molecule has 0 radical (unpaired) electrons. The van der Waals surface area contributed by atoms with E-state index in [9.17, 15) is 22.4 Å². The fraction of sp³-hybridized carbons (Fsp3) is 0.294. The molecule has 0 aliphatic carbocycles. The van der Waals surface area contributed by atoms with E-state index < -0.39 is 23.7 Å². The van der Waals surface area contributed by atoms with E-state index in [-0.39, 0.29) is 17.5 Å². The van der Waals surface area contributed by atoms with E-state index in [0.29, 0.717) is 18.7 Å². The third-order valence-corrected chi connectivity index (χ3v) is 3.85. The molecule has 27 heavy (non-hydrogen) atoms. The molecule has 0 spiro atoms. The number of amides is 2. The van der Waals surface area contributed by atoms with Gasteiger partial charge < -0.3 is 20.7 Å². The lowest BCUT2D eigenvalue weighted by molar-refractivity contribution is -0.141. The first-order chi connectivity index (χ1) is 12.8. The molecule has 1 saturated heterocycles. The lowest BCUT2D eigenvalue weighted by Crippen LogP contribution is -2.33. The minimum absolute atomic E-state index is 0.0409. The first-order valence-corrected chi connectivity index (χ1v) is 8.06. The van der Waals surface area contributed by atoms with Crippen molar-refractivity contribution in [3.05, 3.63) is 53.6 Å². The second-order valence-corrected chi connectivity index (χ2v) is 5.81. The summed E-state index contributed by atoms with van der Waals surface area (Å²) >= 11 is 0. The lowest BCUT2D eigenvalue weighted by atomic mass is 10.1. The molecule has 1 fully saturated rings. The van der Waals surface area contributed by atoms with Crippen molar-refractivity contribution in [2.24, 2.45) is 0 Å². The molecule has 1 aliphatic heterocycles. The minimum Gasteiger partial charge on any atom is -0.371 e. The Morgan fingerprint density at radius 3 is 2.63 bits per heavy atom. The van der Waals surface area contributed by atoms with Crippen molar-refractivity contribution in [1.29, 1.82) is 0 Å². The third kappa shape index (κ3) is 4.92. The first-order valence-electron chi connectivity index (χ1n) is 8.06. The van der Waals surface area contributed by atoms with Crippen LogP contribution in [0.25, 0.3) is 0 Å². The topological polar surface area (TPSA) is 75.3 Å². The number of ether oxygens (including phenoxy) is 1. The van der Waals surface area contributed by atoms with E-state index >= 15 is 0 Å². The maximum absolute atomic E-state index is 14.2. The highest BCUT2D eigenvalue weighted by Crippen LogP contribution is 2.28. The molecule has 1 aromatic carbocycles. The number of morpholine rings is 1. The molecular weight excluding hydrogens is 368 g/mol. The maximum Gasteiger partial charge on any atom is 0.433 e. The average molecular weight is 384 g/mol. The third-order valence-electron chi connectivity index (χ3n) is 3.85. The second-order valence-electron chi connectivity index (χ2n) is 5.81. The van der Waals surface area contributed by atoms with Gasteiger partial charge in [-0.15, -0.1) is 0 Å². The van der Waals surface area contributed by atoms with Gasteiger partial charge in [-0.3, -0.25) is 0 Å². The maximum atomic E-state index is 14.2. The van der Waals surface area contributed by atoms with E-state index in [1.807, 2.05) is 0 Å². The number of carbonyl (C=O) groups is 1. The summed E-state index contributed by atoms with van der Waals surface area (Å²) in [5.74, 6) is -0.651. The number of carbonyl (C=O) groups excluding carboxylic acids is 1. The van der Waals surface area contributed by atoms with Gasteiger partial charge in [-0.25, -0.2) is 14.2 Å². The van der Waals surface area contributed by atoms with Crippen LogP contribution in [0.4, 0.5) is 33.7 Å². The predicted octanol–water partition coefficient (Wildman–Crippen LogP) is 3.54. The normalized spacial score (nSPS) is 17.4. The smallest absolute Gasteiger partial charge is 0.371 e. The monoisotopic (exact) mass is 384 g/mol. The molecule has 10 heteroatoms. The van der Waals surface area contributed by atoms with Crippen LogP contribution < -0.4 is 16.0 Å². The summed E-state index contributed by atoms with van der Waals surface area (Å²) < 4.78 is 57.2. The zero-order chi connectivity index (χ0) is 19.4. The summed E-state index contributed by atoms with van der Waals surface area (Å²) in [6, 6.07) is 5.29. The van der Waals surface area contributed by atoms with Crippen LogP contribution in [0.15, 0.2) is 36.5 Å². The fourth-order valence-electron chi connectivity index (χ4n) is 2.53. The summed E-state index contributed by atoms with van der Waals surface area (Å²) in [7, 11) is 0. The standard InChI is InChI=1S/C17H16F4N4O2/c18-12-7-10(14-9-22-5-6-27-14)1-3-13(12)25-16(26)24-11-2-4-15(23-8-11)17(19,20)21/h1-4,7-8,14,22H,5-6,9H2,(H2,24,25,26)/t14-/m1/s1. The Kier molecular flexibility index (Phi) is 5.57. The van der Waals surface area contributed by atoms with Crippen molar-refractivity contribution in [2.45, 2.75) is 12.3 Å². The van der Waals surface area contributed by atoms with Crippen molar-refractivity contribution < 1.29 is 27.1 Å². The highest BCUT2D eigenvalue weighted by Gasteiger charge is 2.32. The number of rotatable bonds is 3. The Bertz CT molecular complexity index is 806. The number of hydrogen-bond donors (Lipinski definition) is 3. The van der Waals surface area contributed by atoms with Crippen LogP contribution in [0.2, 0.25) is 0 Å². The van der Waals surface area contributed by atoms with Gasteiger partial charge in [-0.05, 0) is 29.8 Å². The SMILES string of the molecule is O=C(Nc1ccc(C(F)(F)F)nc1)Nc1ccc([C@H]2CNCCO2)cc1F. The van der Waals surface area contributed by atoms with E-state index in [2.05, 4.69) is 20.9 Å². The molecule has 3 N–H and O–H groups in total. The number of nitrogens with zero attached hydrogens (tertiary/aromatic N) is 1. The summed E-state index contributed by atoms with van der Waals surface area (Å²) in [4.78, 5) is 15.2. The van der Waals surface area contributed by atoms with Gasteiger partial charge in [0.25, 0.3) is 0 Å². The molecule has 6 nitrogen and oxygen atoms in total. The second kappa shape index (κ2) is 7.89. The fourth-order valence-corrected chi connectivity index (χ4v) is 2.53. The van der Waals surface area contributed by atoms with Crippen molar-refractivity contribution in [3.8, 4) is 0 Å². The van der Waals surface area contributed by atoms with Crippen LogP contribution in [0.3, 0.4) is 0 Å². The number of pyridine rings is 1. The van der Waals surface area contributed by atoms with Gasteiger partial charge in [0, 0.05) is 13.1 Å². The molecule has 0 unspecified atom stereocenters. The number of nitrogens with one attached hydrogen (secondary N) is 3. The molecule has 1 aromatic heterocycles. The van der Waals surface area contributed by atoms with Crippen molar-refractivity contribution in [2.75, 3.05) is 30.3 Å². The predicted molar refractivity (Wildman–Crippen MR) is 89.8 cm³/mol. The van der Waals surface area contributed by atoms with Crippen LogP contribution in [0.1, 0.15) is 17.4 Å². The highest BCUT2D eigenvalue weighted by molar-refractivity contribution is 5.99. The van der Waals surface area contributed by atoms with Crippen LogP contribution in [-0.2, 0) is 10.9 Å². The zero-order valence-electron chi connectivity index (χ0n) is 13.9. The Balaban J connectivity index is 1.62. The van der Waals surface area contributed by atoms with Gasteiger partial charge in [0.2, 0.25) is 0 Å². The Hall–Kier alpha value is -2.72. The number of benzene rings is 1. The Labute approximate surface area is 151 Å². The summed E-state index contributed by atoms with van der Waals surface area (Å²) in [5, 5.41) is 7.73. The summed E-state index contributed by atoms with van der Waals surface area (Å²) in [6.07, 6.45) is -3.97. The summed E-state index contributed by atoms with van der Waals surface area (Å²) in [6.45, 7) is 1.82. The van der Waals surface area contributed by atoms with E-state index in [4.69, 9.17) is 4.74 Å². The highest BCUT2D eigenvalue weighted by atomic mass is 19.4. The van der Waals surface area contributed by atoms with Crippen molar-refractivity contribution >= 4 is 17.4 Å². The number of alkyl halides is 3. The van der Waals surface area contributed by atoms with Gasteiger partial charge >= 0.3 is 12.2 Å². The molecular formula is C17H16F4N4O2. The van der Waals surface area contributed by atoms with Crippen LogP contribution in [0, 0.1) is 5.82 Å². The largest absolute Gasteiger partial charge is 0.433 e. The molecule has 2 amide bonds. The zero-order valence-corrected chi connectivity index (χ0v) is 13.9. The summed E-state index contributed by atoms with van der Waals surface area (Å²) in [5.41, 5.74) is -0.466. The van der Waals surface area contributed by atoms with Gasteiger partial charge in [0.05, 0.1) is 30.3 Å². The van der Waals surface area contributed by atoms with Crippen LogP contribution >= 0.6 is 0 Å². The molecule has 0 saturated carbocycles. The molecule has 0 bridgehead atoms.